The number of pyridine rings is 1. The summed E-state index contributed by atoms with van der Waals surface area (Å²) in [7, 11) is 2.01. The number of nitrogens with zero attached hydrogens (tertiary/aromatic N) is 2. The Morgan fingerprint density at radius 3 is 2.92 bits per heavy atom. The number of fused-ring (bicyclic) bond motifs is 1. The molecule has 2 aromatic heterocycles. The van der Waals surface area contributed by atoms with E-state index in [4.69, 9.17) is 4.74 Å². The zero-order chi connectivity index (χ0) is 16.9. The molecule has 2 N–H and O–H groups in total. The summed E-state index contributed by atoms with van der Waals surface area (Å²) >= 11 is 0. The van der Waals surface area contributed by atoms with Gasteiger partial charge in [0.05, 0.1) is 12.8 Å². The van der Waals surface area contributed by atoms with E-state index >= 15 is 0 Å². The summed E-state index contributed by atoms with van der Waals surface area (Å²) in [5.74, 6) is 0.816. The third kappa shape index (κ3) is 3.83. The molecule has 0 fully saturated rings. The Balaban J connectivity index is 1.75. The lowest BCUT2D eigenvalue weighted by Gasteiger charge is -2.16. The number of rotatable bonds is 7. The predicted octanol–water partition coefficient (Wildman–Crippen LogP) is 2.32. The molecule has 6 heteroatoms. The predicted molar refractivity (Wildman–Crippen MR) is 94.4 cm³/mol. The first-order chi connectivity index (χ1) is 11.7. The number of nitrogens with one attached hydrogen (secondary N) is 2. The second-order valence-corrected chi connectivity index (χ2v) is 5.90. The molecule has 0 aliphatic rings. The molecule has 0 amide bonds. The van der Waals surface area contributed by atoms with Gasteiger partial charge in [-0.15, -0.1) is 0 Å². The Bertz CT molecular complexity index is 855. The molecule has 0 unspecified atom stereocenters. The second-order valence-electron chi connectivity index (χ2n) is 5.90. The molecule has 0 aliphatic heterocycles. The molecule has 2 heterocycles. The number of likely N-dealkylation sites (N-methyl/N-ethyl adjacent to an activating group) is 1. The third-order valence-electron chi connectivity index (χ3n) is 3.98. The van der Waals surface area contributed by atoms with Crippen molar-refractivity contribution in [1.29, 1.82) is 0 Å². The van der Waals surface area contributed by atoms with E-state index in [0.717, 1.165) is 40.7 Å². The maximum absolute atomic E-state index is 12.3. The lowest BCUT2D eigenvalue weighted by molar-refractivity contribution is 0.330. The van der Waals surface area contributed by atoms with Gasteiger partial charge in [0.1, 0.15) is 5.75 Å². The molecule has 3 rings (SSSR count). The van der Waals surface area contributed by atoms with Crippen molar-refractivity contribution in [3.63, 3.8) is 0 Å². The van der Waals surface area contributed by atoms with Crippen molar-refractivity contribution < 1.29 is 4.74 Å². The molecule has 0 bridgehead atoms. The third-order valence-corrected chi connectivity index (χ3v) is 3.98. The summed E-state index contributed by atoms with van der Waals surface area (Å²) in [5.41, 5.74) is 2.71. The number of aromatic amines is 2. The van der Waals surface area contributed by atoms with E-state index in [1.54, 1.807) is 0 Å². The van der Waals surface area contributed by atoms with Gasteiger partial charge in [-0.1, -0.05) is 0 Å². The maximum Gasteiger partial charge on any atom is 0.252 e. The van der Waals surface area contributed by atoms with Crippen molar-refractivity contribution in [2.45, 2.75) is 19.9 Å². The fourth-order valence-corrected chi connectivity index (χ4v) is 2.71. The number of hydrogen-bond donors (Lipinski definition) is 2. The topological polar surface area (TPSA) is 74.0 Å². The standard InChI is InChI=1S/C18H22N4O2/c1-3-24-16-4-5-17-14(9-16)8-15(18(23)21-17)12-22(2)7-6-13-10-19-20-11-13/h4-5,8-11H,3,6-7,12H2,1-2H3,(H,19,20)(H,21,23). The quantitative estimate of drug-likeness (QED) is 0.699. The molecular formula is C18H22N4O2. The van der Waals surface area contributed by atoms with Gasteiger partial charge in [0.15, 0.2) is 0 Å². The molecular weight excluding hydrogens is 304 g/mol. The van der Waals surface area contributed by atoms with Gasteiger partial charge in [-0.05, 0) is 50.2 Å². The first-order valence-electron chi connectivity index (χ1n) is 8.10. The fraction of sp³-hybridized carbons (Fsp3) is 0.333. The van der Waals surface area contributed by atoms with Crippen LogP contribution in [0.4, 0.5) is 0 Å². The van der Waals surface area contributed by atoms with Crippen LogP contribution < -0.4 is 10.3 Å². The summed E-state index contributed by atoms with van der Waals surface area (Å²) in [6.07, 6.45) is 4.62. The molecule has 3 aromatic rings. The zero-order valence-electron chi connectivity index (χ0n) is 14.0. The highest BCUT2D eigenvalue weighted by atomic mass is 16.5. The molecule has 0 saturated heterocycles. The minimum Gasteiger partial charge on any atom is -0.494 e. The summed E-state index contributed by atoms with van der Waals surface area (Å²) in [6, 6.07) is 7.67. The van der Waals surface area contributed by atoms with E-state index in [2.05, 4.69) is 20.1 Å². The highest BCUT2D eigenvalue weighted by Gasteiger charge is 2.08. The number of hydrogen-bond acceptors (Lipinski definition) is 4. The molecule has 0 radical (unpaired) electrons. The Morgan fingerprint density at radius 1 is 1.29 bits per heavy atom. The fourth-order valence-electron chi connectivity index (χ4n) is 2.71. The van der Waals surface area contributed by atoms with Gasteiger partial charge >= 0.3 is 0 Å². The molecule has 24 heavy (non-hydrogen) atoms. The lowest BCUT2D eigenvalue weighted by atomic mass is 10.1. The van der Waals surface area contributed by atoms with E-state index in [1.807, 2.05) is 50.6 Å². The van der Waals surface area contributed by atoms with E-state index in [0.29, 0.717) is 13.2 Å². The maximum atomic E-state index is 12.3. The summed E-state index contributed by atoms with van der Waals surface area (Å²) in [4.78, 5) is 17.4. The average Bonchev–Trinajstić information content (AvgIpc) is 3.08. The number of benzene rings is 1. The largest absolute Gasteiger partial charge is 0.494 e. The monoisotopic (exact) mass is 326 g/mol. The smallest absolute Gasteiger partial charge is 0.252 e. The molecule has 1 aromatic carbocycles. The number of aromatic nitrogens is 3. The average molecular weight is 326 g/mol. The first-order valence-corrected chi connectivity index (χ1v) is 8.10. The minimum absolute atomic E-state index is 0.0400. The summed E-state index contributed by atoms with van der Waals surface area (Å²) < 4.78 is 5.53. The van der Waals surface area contributed by atoms with Crippen molar-refractivity contribution in [3.05, 3.63) is 58.1 Å². The Hall–Kier alpha value is -2.60. The van der Waals surface area contributed by atoms with Gasteiger partial charge < -0.3 is 14.6 Å². The van der Waals surface area contributed by atoms with Gasteiger partial charge in [0.25, 0.3) is 5.56 Å². The van der Waals surface area contributed by atoms with Gasteiger partial charge in [0, 0.05) is 35.8 Å². The summed E-state index contributed by atoms with van der Waals surface area (Å²) in [6.45, 7) is 4.04. The van der Waals surface area contributed by atoms with Crippen LogP contribution >= 0.6 is 0 Å². The second kappa shape index (κ2) is 7.31. The lowest BCUT2D eigenvalue weighted by Crippen LogP contribution is -2.25. The van der Waals surface area contributed by atoms with Crippen molar-refractivity contribution in [3.8, 4) is 5.75 Å². The molecule has 126 valence electrons. The van der Waals surface area contributed by atoms with Gasteiger partial charge in [0.2, 0.25) is 0 Å². The van der Waals surface area contributed by atoms with Gasteiger partial charge in [-0.3, -0.25) is 9.89 Å². The molecule has 0 atom stereocenters. The van der Waals surface area contributed by atoms with E-state index in [9.17, 15) is 4.79 Å². The van der Waals surface area contributed by atoms with Crippen LogP contribution in [0.1, 0.15) is 18.1 Å². The van der Waals surface area contributed by atoms with Crippen molar-refractivity contribution >= 4 is 10.9 Å². The molecule has 0 aliphatic carbocycles. The Labute approximate surface area is 140 Å². The van der Waals surface area contributed by atoms with Crippen LogP contribution in [0.2, 0.25) is 0 Å². The van der Waals surface area contributed by atoms with Crippen LogP contribution in [-0.4, -0.2) is 40.3 Å². The van der Waals surface area contributed by atoms with E-state index < -0.39 is 0 Å². The van der Waals surface area contributed by atoms with E-state index in [1.165, 1.54) is 0 Å². The van der Waals surface area contributed by atoms with Gasteiger partial charge in [-0.25, -0.2) is 0 Å². The molecule has 6 nitrogen and oxygen atoms in total. The van der Waals surface area contributed by atoms with Crippen LogP contribution in [0.3, 0.4) is 0 Å². The van der Waals surface area contributed by atoms with Gasteiger partial charge in [-0.2, -0.15) is 5.10 Å². The number of ether oxygens (including phenoxy) is 1. The highest BCUT2D eigenvalue weighted by molar-refractivity contribution is 5.80. The molecule has 0 saturated carbocycles. The van der Waals surface area contributed by atoms with Crippen LogP contribution in [0, 0.1) is 0 Å². The first kappa shape index (κ1) is 16.3. The zero-order valence-corrected chi connectivity index (χ0v) is 14.0. The van der Waals surface area contributed by atoms with Crippen molar-refractivity contribution in [2.24, 2.45) is 0 Å². The SMILES string of the molecule is CCOc1ccc2[nH]c(=O)c(CN(C)CCc3cn[nH]c3)cc2c1. The van der Waals surface area contributed by atoms with Crippen LogP contribution in [-0.2, 0) is 13.0 Å². The molecule has 0 spiro atoms. The minimum atomic E-state index is -0.0400. The van der Waals surface area contributed by atoms with Crippen LogP contribution in [0.25, 0.3) is 10.9 Å². The normalized spacial score (nSPS) is 11.3. The van der Waals surface area contributed by atoms with Crippen molar-refractivity contribution in [2.75, 3.05) is 20.2 Å². The van der Waals surface area contributed by atoms with Crippen LogP contribution in [0.5, 0.6) is 5.75 Å². The van der Waals surface area contributed by atoms with E-state index in [-0.39, 0.29) is 5.56 Å². The van der Waals surface area contributed by atoms with Crippen molar-refractivity contribution in [1.82, 2.24) is 20.1 Å². The Kier molecular flexibility index (Phi) is 4.96. The highest BCUT2D eigenvalue weighted by Crippen LogP contribution is 2.19. The van der Waals surface area contributed by atoms with Crippen LogP contribution in [0.15, 0.2) is 41.5 Å². The summed E-state index contributed by atoms with van der Waals surface area (Å²) in [5, 5.41) is 7.74. The number of H-pyrrole nitrogens is 2. The Morgan fingerprint density at radius 2 is 2.17 bits per heavy atom.